The van der Waals surface area contributed by atoms with Crippen LogP contribution in [0.1, 0.15) is 11.3 Å². The molecular weight excluding hydrogens is 370 g/mol. The Labute approximate surface area is 164 Å². The Morgan fingerprint density at radius 1 is 0.964 bits per heavy atom. The van der Waals surface area contributed by atoms with Crippen LogP contribution in [0.3, 0.4) is 0 Å². The average Bonchev–Trinajstić information content (AvgIpc) is 3.34. The van der Waals surface area contributed by atoms with E-state index in [1.54, 1.807) is 12.5 Å². The van der Waals surface area contributed by atoms with Gasteiger partial charge >= 0.3 is 0 Å². The quantitative estimate of drug-likeness (QED) is 0.444. The highest BCUT2D eigenvalue weighted by atomic mass is 32.2. The van der Waals surface area contributed by atoms with Crippen molar-refractivity contribution in [1.29, 1.82) is 0 Å². The molecular formula is C22H21N3O2S. The molecule has 0 fully saturated rings. The number of hydrogen-bond acceptors (Lipinski definition) is 5. The third-order valence-electron chi connectivity index (χ3n) is 4.63. The molecule has 0 bridgehead atoms. The minimum Gasteiger partial charge on any atom is -0.445 e. The topological polar surface area (TPSA) is 64.1 Å². The molecule has 1 N–H and O–H groups in total. The van der Waals surface area contributed by atoms with E-state index >= 15 is 0 Å². The summed E-state index contributed by atoms with van der Waals surface area (Å²) < 4.78 is 14.2. The van der Waals surface area contributed by atoms with Gasteiger partial charge in [0.05, 0.1) is 11.9 Å². The summed E-state index contributed by atoms with van der Waals surface area (Å²) in [6.45, 7) is 3.88. The molecule has 0 aliphatic carbocycles. The zero-order chi connectivity index (χ0) is 19.7. The second-order valence-electron chi connectivity index (χ2n) is 6.62. The Kier molecular flexibility index (Phi) is 4.57. The van der Waals surface area contributed by atoms with E-state index < -0.39 is 9.39 Å². The van der Waals surface area contributed by atoms with E-state index in [-0.39, 0.29) is 0 Å². The van der Waals surface area contributed by atoms with Crippen LogP contribution in [0.15, 0.2) is 74.8 Å². The Hall–Kier alpha value is -3.25. The molecule has 142 valence electrons. The number of aromatic nitrogens is 2. The molecule has 0 unspecified atom stereocenters. The van der Waals surface area contributed by atoms with Gasteiger partial charge in [-0.1, -0.05) is 47.2 Å². The first kappa shape index (κ1) is 18.1. The van der Waals surface area contributed by atoms with Crippen LogP contribution < -0.4 is 4.72 Å². The lowest BCUT2D eigenvalue weighted by molar-refractivity contribution is 0.431. The van der Waals surface area contributed by atoms with Gasteiger partial charge in [-0.3, -0.25) is 0 Å². The lowest BCUT2D eigenvalue weighted by atomic mass is 10.0. The summed E-state index contributed by atoms with van der Waals surface area (Å²) >= 11 is 0. The number of hydrogen-bond donors (Lipinski definition) is 1. The fourth-order valence-electron chi connectivity index (χ4n) is 2.95. The molecule has 2 aromatic carbocycles. The van der Waals surface area contributed by atoms with Crippen LogP contribution >= 0.6 is 9.39 Å². The monoisotopic (exact) mass is 391 g/mol. The fraction of sp³-hybridized carbons (Fsp3) is 0.0909. The average molecular weight is 391 g/mol. The summed E-state index contributed by atoms with van der Waals surface area (Å²) in [5.41, 5.74) is 4.90. The van der Waals surface area contributed by atoms with Crippen LogP contribution in [-0.4, -0.2) is 21.9 Å². The van der Waals surface area contributed by atoms with Gasteiger partial charge in [-0.25, -0.2) is 4.98 Å². The van der Waals surface area contributed by atoms with Crippen molar-refractivity contribution in [2.75, 3.05) is 4.72 Å². The minimum atomic E-state index is -1.87. The molecule has 28 heavy (non-hydrogen) atoms. The minimum absolute atomic E-state index is 0.604. The molecule has 2 heterocycles. The van der Waals surface area contributed by atoms with Crippen molar-refractivity contribution in [2.45, 2.75) is 18.7 Å². The molecule has 0 spiro atoms. The van der Waals surface area contributed by atoms with E-state index in [2.05, 4.69) is 50.9 Å². The molecule has 0 atom stereocenters. The Bertz CT molecular complexity index is 1210. The maximum atomic E-state index is 5.42. The first-order chi connectivity index (χ1) is 13.5. The molecule has 0 aliphatic heterocycles. The lowest BCUT2D eigenvalue weighted by Gasteiger charge is -2.20. The van der Waals surface area contributed by atoms with Crippen molar-refractivity contribution < 1.29 is 8.94 Å². The zero-order valence-electron chi connectivity index (χ0n) is 15.8. The van der Waals surface area contributed by atoms with E-state index in [1.807, 2.05) is 38.1 Å². The van der Waals surface area contributed by atoms with Gasteiger partial charge in [0.1, 0.15) is 6.26 Å². The highest BCUT2D eigenvalue weighted by Crippen LogP contribution is 2.41. The molecule has 0 amide bonds. The van der Waals surface area contributed by atoms with Gasteiger partial charge in [-0.2, -0.15) is 0 Å². The third kappa shape index (κ3) is 3.34. The van der Waals surface area contributed by atoms with E-state index in [4.69, 9.17) is 8.94 Å². The summed E-state index contributed by atoms with van der Waals surface area (Å²) in [5.74, 6) is 9.98. The van der Waals surface area contributed by atoms with Crippen LogP contribution in [0.25, 0.3) is 22.6 Å². The predicted molar refractivity (Wildman–Crippen MR) is 117 cm³/mol. The molecule has 0 saturated carbocycles. The van der Waals surface area contributed by atoms with Crippen molar-refractivity contribution in [3.63, 3.8) is 0 Å². The second-order valence-corrected chi connectivity index (χ2v) is 9.03. The van der Waals surface area contributed by atoms with Crippen molar-refractivity contribution in [2.24, 2.45) is 0 Å². The van der Waals surface area contributed by atoms with E-state index in [0.29, 0.717) is 11.8 Å². The van der Waals surface area contributed by atoms with Gasteiger partial charge in [0, 0.05) is 16.0 Å². The zero-order valence-corrected chi connectivity index (χ0v) is 16.6. The van der Waals surface area contributed by atoms with Gasteiger partial charge < -0.3 is 13.7 Å². The summed E-state index contributed by atoms with van der Waals surface area (Å²) in [6.07, 6.45) is 3.21. The molecule has 2 aromatic heterocycles. The van der Waals surface area contributed by atoms with Crippen molar-refractivity contribution >= 4 is 27.0 Å². The van der Waals surface area contributed by atoms with Crippen LogP contribution in [-0.2, 0) is 0 Å². The first-order valence-electron chi connectivity index (χ1n) is 8.75. The standard InChI is InChI=1S/C22H21N3O2S/c1-15-16(2)24-27-21(15)25-28(3,4)20-8-6-5-7-19(20)17-9-11-18(12-10-17)22-23-13-14-26-22/h5-14,25H,3-4H2,1-2H3. The lowest BCUT2D eigenvalue weighted by Crippen LogP contribution is -1.98. The van der Waals surface area contributed by atoms with Gasteiger partial charge in [0.15, 0.2) is 0 Å². The number of rotatable bonds is 5. The highest BCUT2D eigenvalue weighted by Gasteiger charge is 2.14. The van der Waals surface area contributed by atoms with Crippen molar-refractivity contribution in [3.05, 3.63) is 72.2 Å². The third-order valence-corrected chi connectivity index (χ3v) is 6.40. The summed E-state index contributed by atoms with van der Waals surface area (Å²) in [7, 11) is -1.87. The largest absolute Gasteiger partial charge is 0.445 e. The number of nitrogens with zero attached hydrogens (tertiary/aromatic N) is 2. The predicted octanol–water partition coefficient (Wildman–Crippen LogP) is 5.67. The smallest absolute Gasteiger partial charge is 0.237 e. The normalized spacial score (nSPS) is 11.5. The van der Waals surface area contributed by atoms with Crippen molar-refractivity contribution in [3.8, 4) is 22.6 Å². The molecule has 0 saturated heterocycles. The highest BCUT2D eigenvalue weighted by molar-refractivity contribution is 8.28. The Morgan fingerprint density at radius 2 is 1.68 bits per heavy atom. The maximum Gasteiger partial charge on any atom is 0.237 e. The van der Waals surface area contributed by atoms with Crippen LogP contribution in [0, 0.1) is 13.8 Å². The molecule has 0 radical (unpaired) electrons. The molecule has 4 aromatic rings. The number of aryl methyl sites for hydroxylation is 1. The van der Waals surface area contributed by atoms with Gasteiger partial charge in [-0.05, 0) is 43.2 Å². The van der Waals surface area contributed by atoms with Crippen molar-refractivity contribution in [1.82, 2.24) is 10.1 Å². The fourth-order valence-corrected chi connectivity index (χ4v) is 4.55. The van der Waals surface area contributed by atoms with E-state index in [9.17, 15) is 0 Å². The molecule has 4 rings (SSSR count). The van der Waals surface area contributed by atoms with E-state index in [0.717, 1.165) is 32.8 Å². The summed E-state index contributed by atoms with van der Waals surface area (Å²) in [5, 5.41) is 4.01. The number of nitrogens with one attached hydrogen (secondary N) is 1. The van der Waals surface area contributed by atoms with Gasteiger partial charge in [0.2, 0.25) is 11.8 Å². The molecule has 6 heteroatoms. The number of anilines is 1. The van der Waals surface area contributed by atoms with E-state index in [1.165, 1.54) is 0 Å². The van der Waals surface area contributed by atoms with Crippen LogP contribution in [0.2, 0.25) is 0 Å². The summed E-state index contributed by atoms with van der Waals surface area (Å²) in [6, 6.07) is 16.2. The number of oxazole rings is 1. The number of benzene rings is 2. The summed E-state index contributed by atoms with van der Waals surface area (Å²) in [4.78, 5) is 5.23. The van der Waals surface area contributed by atoms with Gasteiger partial charge in [0.25, 0.3) is 0 Å². The SMILES string of the molecule is C=S(=C)(Nc1onc(C)c1C)c1ccccc1-c1ccc(-c2ncco2)cc1. The first-order valence-corrected chi connectivity index (χ1v) is 10.7. The Morgan fingerprint density at radius 3 is 2.32 bits per heavy atom. The second kappa shape index (κ2) is 7.05. The molecule has 5 nitrogen and oxygen atoms in total. The van der Waals surface area contributed by atoms with Gasteiger partial charge in [-0.15, -0.1) is 9.39 Å². The van der Waals surface area contributed by atoms with Crippen LogP contribution in [0.5, 0.6) is 0 Å². The maximum absolute atomic E-state index is 5.42. The molecule has 0 aliphatic rings. The van der Waals surface area contributed by atoms with Crippen LogP contribution in [0.4, 0.5) is 5.88 Å². The Balaban J connectivity index is 1.71.